The van der Waals surface area contributed by atoms with Gasteiger partial charge in [0, 0.05) is 31.5 Å². The predicted octanol–water partition coefficient (Wildman–Crippen LogP) is 2.05. The molecule has 15 heavy (non-hydrogen) atoms. The maximum Gasteiger partial charge on any atom is 0.0946 e. The van der Waals surface area contributed by atoms with Crippen LogP contribution in [0.25, 0.3) is 0 Å². The van der Waals surface area contributed by atoms with Crippen molar-refractivity contribution in [3.63, 3.8) is 0 Å². The lowest BCUT2D eigenvalue weighted by Gasteiger charge is -2.20. The van der Waals surface area contributed by atoms with Gasteiger partial charge >= 0.3 is 0 Å². The van der Waals surface area contributed by atoms with E-state index in [9.17, 15) is 0 Å². The molecule has 3 nitrogen and oxygen atoms in total. The van der Waals surface area contributed by atoms with E-state index in [0.29, 0.717) is 6.04 Å². The molecule has 1 aliphatic rings. The highest BCUT2D eigenvalue weighted by atomic mass is 15.0. The molecule has 1 atom stereocenters. The summed E-state index contributed by atoms with van der Waals surface area (Å²) in [5, 5.41) is 3.61. The third-order valence-corrected chi connectivity index (χ3v) is 3.50. The van der Waals surface area contributed by atoms with Crippen molar-refractivity contribution in [3.8, 4) is 0 Å². The Hall–Kier alpha value is -0.830. The largest absolute Gasteiger partial charge is 0.336 e. The van der Waals surface area contributed by atoms with E-state index >= 15 is 0 Å². The molecule has 1 aromatic heterocycles. The maximum atomic E-state index is 4.03. The van der Waals surface area contributed by atoms with Crippen LogP contribution in [0.1, 0.15) is 32.6 Å². The molecule has 3 heteroatoms. The van der Waals surface area contributed by atoms with Crippen LogP contribution in [0.3, 0.4) is 0 Å². The maximum absolute atomic E-state index is 4.03. The van der Waals surface area contributed by atoms with Crippen LogP contribution in [0, 0.1) is 5.92 Å². The molecule has 1 heterocycles. The van der Waals surface area contributed by atoms with Crippen LogP contribution in [0.4, 0.5) is 0 Å². The van der Waals surface area contributed by atoms with Crippen molar-refractivity contribution in [1.82, 2.24) is 14.9 Å². The lowest BCUT2D eigenvalue weighted by atomic mass is 10.00. The van der Waals surface area contributed by atoms with Gasteiger partial charge in [-0.1, -0.05) is 12.8 Å². The van der Waals surface area contributed by atoms with Gasteiger partial charge < -0.3 is 9.88 Å². The van der Waals surface area contributed by atoms with Gasteiger partial charge in [0.1, 0.15) is 0 Å². The Balaban J connectivity index is 1.64. The fourth-order valence-electron chi connectivity index (χ4n) is 2.46. The summed E-state index contributed by atoms with van der Waals surface area (Å²) in [5.74, 6) is 0.910. The lowest BCUT2D eigenvalue weighted by Crippen LogP contribution is -2.34. The Morgan fingerprint density at radius 2 is 2.27 bits per heavy atom. The van der Waals surface area contributed by atoms with E-state index < -0.39 is 0 Å². The molecule has 84 valence electrons. The smallest absolute Gasteiger partial charge is 0.0946 e. The van der Waals surface area contributed by atoms with Gasteiger partial charge in [0.25, 0.3) is 0 Å². The number of hydrogen-bond donors (Lipinski definition) is 1. The van der Waals surface area contributed by atoms with Crippen molar-refractivity contribution < 1.29 is 0 Å². The number of imidazole rings is 1. The zero-order chi connectivity index (χ0) is 10.5. The van der Waals surface area contributed by atoms with Gasteiger partial charge in [-0.15, -0.1) is 0 Å². The monoisotopic (exact) mass is 207 g/mol. The Morgan fingerprint density at radius 3 is 2.93 bits per heavy atom. The Bertz CT molecular complexity index is 262. The fourth-order valence-corrected chi connectivity index (χ4v) is 2.46. The van der Waals surface area contributed by atoms with Crippen LogP contribution >= 0.6 is 0 Å². The molecule has 1 fully saturated rings. The average molecular weight is 207 g/mol. The van der Waals surface area contributed by atoms with Gasteiger partial charge in [0.15, 0.2) is 0 Å². The summed E-state index contributed by atoms with van der Waals surface area (Å²) in [6, 6.07) is 0.677. The van der Waals surface area contributed by atoms with E-state index in [-0.39, 0.29) is 0 Å². The Kier molecular flexibility index (Phi) is 3.78. The van der Waals surface area contributed by atoms with Gasteiger partial charge in [0.2, 0.25) is 0 Å². The van der Waals surface area contributed by atoms with Crippen molar-refractivity contribution in [2.75, 3.05) is 6.54 Å². The van der Waals surface area contributed by atoms with E-state index in [0.717, 1.165) is 19.0 Å². The first-order valence-electron chi connectivity index (χ1n) is 6.05. The topological polar surface area (TPSA) is 29.9 Å². The van der Waals surface area contributed by atoms with Crippen LogP contribution in [0.5, 0.6) is 0 Å². The summed E-state index contributed by atoms with van der Waals surface area (Å²) in [6.07, 6.45) is 11.4. The molecule has 1 aromatic rings. The first-order valence-corrected chi connectivity index (χ1v) is 6.05. The normalized spacial score (nSPS) is 19.5. The molecule has 0 spiro atoms. The SMILES string of the molecule is CC(NCCn1ccnc1)C1CCCC1. The molecule has 0 bridgehead atoms. The first kappa shape index (κ1) is 10.7. The molecule has 0 aliphatic heterocycles. The zero-order valence-corrected chi connectivity index (χ0v) is 9.52. The van der Waals surface area contributed by atoms with Crippen LogP contribution in [-0.4, -0.2) is 22.1 Å². The van der Waals surface area contributed by atoms with Crippen molar-refractivity contribution >= 4 is 0 Å². The summed E-state index contributed by atoms with van der Waals surface area (Å²) in [4.78, 5) is 4.03. The summed E-state index contributed by atoms with van der Waals surface area (Å²) in [7, 11) is 0. The highest BCUT2D eigenvalue weighted by Gasteiger charge is 2.20. The van der Waals surface area contributed by atoms with Crippen LogP contribution < -0.4 is 5.32 Å². The highest BCUT2D eigenvalue weighted by Crippen LogP contribution is 2.27. The first-order chi connectivity index (χ1) is 7.36. The second kappa shape index (κ2) is 5.31. The summed E-state index contributed by atoms with van der Waals surface area (Å²) in [5.41, 5.74) is 0. The van der Waals surface area contributed by atoms with Crippen molar-refractivity contribution in [2.24, 2.45) is 5.92 Å². The highest BCUT2D eigenvalue weighted by molar-refractivity contribution is 4.78. The van der Waals surface area contributed by atoms with Crippen LogP contribution in [-0.2, 0) is 6.54 Å². The number of nitrogens with one attached hydrogen (secondary N) is 1. The Labute approximate surface area is 91.9 Å². The van der Waals surface area contributed by atoms with Crippen molar-refractivity contribution in [3.05, 3.63) is 18.7 Å². The van der Waals surface area contributed by atoms with Gasteiger partial charge in [-0.05, 0) is 25.7 Å². The van der Waals surface area contributed by atoms with Crippen LogP contribution in [0.2, 0.25) is 0 Å². The molecule has 0 saturated heterocycles. The molecule has 1 unspecified atom stereocenters. The fraction of sp³-hybridized carbons (Fsp3) is 0.750. The van der Waals surface area contributed by atoms with E-state index in [2.05, 4.69) is 21.8 Å². The molecular weight excluding hydrogens is 186 g/mol. The molecule has 1 aliphatic carbocycles. The minimum atomic E-state index is 0.677. The molecule has 0 aromatic carbocycles. The second-order valence-electron chi connectivity index (χ2n) is 4.59. The summed E-state index contributed by atoms with van der Waals surface area (Å²) in [6.45, 7) is 4.40. The zero-order valence-electron chi connectivity index (χ0n) is 9.52. The lowest BCUT2D eigenvalue weighted by molar-refractivity contribution is 0.375. The molecule has 2 rings (SSSR count). The molecule has 1 N–H and O–H groups in total. The van der Waals surface area contributed by atoms with Crippen LogP contribution in [0.15, 0.2) is 18.7 Å². The van der Waals surface area contributed by atoms with E-state index in [1.807, 2.05) is 18.7 Å². The second-order valence-corrected chi connectivity index (χ2v) is 4.59. The number of nitrogens with zero attached hydrogens (tertiary/aromatic N) is 2. The van der Waals surface area contributed by atoms with Gasteiger partial charge in [0.05, 0.1) is 6.33 Å². The minimum absolute atomic E-state index is 0.677. The van der Waals surface area contributed by atoms with Gasteiger partial charge in [-0.25, -0.2) is 4.98 Å². The van der Waals surface area contributed by atoms with Crippen molar-refractivity contribution in [2.45, 2.75) is 45.2 Å². The molecule has 0 amide bonds. The van der Waals surface area contributed by atoms with E-state index in [4.69, 9.17) is 0 Å². The molecular formula is C12H21N3. The van der Waals surface area contributed by atoms with Gasteiger partial charge in [-0.3, -0.25) is 0 Å². The quantitative estimate of drug-likeness (QED) is 0.801. The van der Waals surface area contributed by atoms with Crippen molar-refractivity contribution in [1.29, 1.82) is 0 Å². The number of aromatic nitrogens is 2. The summed E-state index contributed by atoms with van der Waals surface area (Å²) < 4.78 is 2.12. The molecule has 1 saturated carbocycles. The average Bonchev–Trinajstić information content (AvgIpc) is 2.90. The number of hydrogen-bond acceptors (Lipinski definition) is 2. The third kappa shape index (κ3) is 3.06. The van der Waals surface area contributed by atoms with Gasteiger partial charge in [-0.2, -0.15) is 0 Å². The standard InChI is InChI=1S/C12H21N3/c1-11(12-4-2-3-5-12)14-7-9-15-8-6-13-10-15/h6,8,10-12,14H,2-5,7,9H2,1H3. The minimum Gasteiger partial charge on any atom is -0.336 e. The van der Waals surface area contributed by atoms with E-state index in [1.54, 1.807) is 0 Å². The summed E-state index contributed by atoms with van der Waals surface area (Å²) >= 11 is 0. The predicted molar refractivity (Wildman–Crippen MR) is 61.6 cm³/mol. The number of rotatable bonds is 5. The Morgan fingerprint density at radius 1 is 1.47 bits per heavy atom. The molecule has 0 radical (unpaired) electrons. The third-order valence-electron chi connectivity index (χ3n) is 3.50. The van der Waals surface area contributed by atoms with E-state index in [1.165, 1.54) is 25.7 Å².